The number of rotatable bonds is 14. The molecule has 17 rings (SSSR count). The van der Waals surface area contributed by atoms with Crippen molar-refractivity contribution in [1.82, 2.24) is 0 Å². The van der Waals surface area contributed by atoms with Gasteiger partial charge in [0.05, 0.1) is 28.4 Å². The molecule has 36 heteroatoms. The Morgan fingerprint density at radius 2 is 0.490 bits per heavy atom. The van der Waals surface area contributed by atoms with Gasteiger partial charge in [-0.25, -0.2) is 0 Å². The summed E-state index contributed by atoms with van der Waals surface area (Å²) in [6.45, 7) is 14.3. The summed E-state index contributed by atoms with van der Waals surface area (Å²) in [6.07, 6.45) is 11.9. The zero-order chi connectivity index (χ0) is 107. The van der Waals surface area contributed by atoms with Crippen LogP contribution in [-0.2, 0) is 111 Å². The second kappa shape index (κ2) is 79.8. The van der Waals surface area contributed by atoms with Crippen molar-refractivity contribution in [3.8, 4) is 51.4 Å². The van der Waals surface area contributed by atoms with Gasteiger partial charge in [-0.15, -0.1) is 0 Å². The summed E-state index contributed by atoms with van der Waals surface area (Å²) in [7, 11) is 29.6. The van der Waals surface area contributed by atoms with E-state index < -0.39 is 59.3 Å². The maximum atomic E-state index is 10.6. The number of fused-ring (bicyclic) bond motifs is 4. The molecule has 17 aromatic carbocycles. The number of hydrogen-bond acceptors (Lipinski definition) is 14. The van der Waals surface area contributed by atoms with E-state index in [0.717, 1.165) is 133 Å². The molecule has 742 valence electrons. The number of benzene rings is 17. The summed E-state index contributed by atoms with van der Waals surface area (Å²) < 4.78 is 4.44. The molecular formula is C109H99Br8Cl6N7O7SiTi7. The van der Waals surface area contributed by atoms with E-state index in [1.165, 1.54) is 5.56 Å². The van der Waals surface area contributed by atoms with Gasteiger partial charge >= 0.3 is 272 Å². The van der Waals surface area contributed by atoms with Gasteiger partial charge in [0.1, 0.15) is 40.2 Å². The molecule has 145 heavy (non-hydrogen) atoms. The molecule has 17 aromatic rings. The number of aryl methyl sites for hydroxylation is 4. The van der Waals surface area contributed by atoms with Crippen LogP contribution >= 0.6 is 161 Å². The predicted molar refractivity (Wildman–Crippen MR) is 631 cm³/mol. The summed E-state index contributed by atoms with van der Waals surface area (Å²) in [5, 5.41) is 77.6. The van der Waals surface area contributed by atoms with Crippen molar-refractivity contribution in [1.29, 1.82) is 0 Å². The van der Waals surface area contributed by atoms with E-state index in [4.69, 9.17) is 60.9 Å². The summed E-state index contributed by atoms with van der Waals surface area (Å²) in [5.74, 6) is 1.89. The first kappa shape index (κ1) is 132. The van der Waals surface area contributed by atoms with E-state index in [-0.39, 0.29) is 94.4 Å². The van der Waals surface area contributed by atoms with E-state index in [0.29, 0.717) is 11.3 Å². The van der Waals surface area contributed by atoms with Gasteiger partial charge in [0.2, 0.25) is 0 Å². The number of hydrogen-bond donors (Lipinski definition) is 7. The molecule has 7 N–H and O–H groups in total. The number of phenolic OH excluding ortho intramolecular Hbond substituents is 7. The molecule has 0 aliphatic heterocycles. The molecule has 0 atom stereocenters. The van der Waals surface area contributed by atoms with Crippen molar-refractivity contribution in [3.05, 3.63) is 431 Å². The molecule has 0 aliphatic rings. The number of aliphatic imine (C=N–C) groups is 6. The first-order valence-corrected chi connectivity index (χ1v) is 90.3. The van der Waals surface area contributed by atoms with Crippen LogP contribution in [0.1, 0.15) is 61.2 Å². The normalized spacial score (nSPS) is 10.3. The quantitative estimate of drug-likeness (QED) is 0.0411. The summed E-state index contributed by atoms with van der Waals surface area (Å²) in [4.78, 5) is 26.3. The van der Waals surface area contributed by atoms with Crippen LogP contribution in [0.25, 0.3) is 54.2 Å². The Labute approximate surface area is 987 Å². The van der Waals surface area contributed by atoms with Crippen molar-refractivity contribution < 1.29 is 147 Å². The number of phenols is 7. The zero-order valence-electron chi connectivity index (χ0n) is 79.3. The van der Waals surface area contributed by atoms with Crippen molar-refractivity contribution in [2.45, 2.75) is 47.3 Å². The first-order valence-electron chi connectivity index (χ1n) is 43.1. The summed E-state index contributed by atoms with van der Waals surface area (Å²) in [5.41, 5.74) is 15.5. The number of halogens is 14. The van der Waals surface area contributed by atoms with Crippen LogP contribution in [0.2, 0.25) is 19.6 Å². The Balaban J connectivity index is 0.000000344. The van der Waals surface area contributed by atoms with E-state index in [1.807, 2.05) is 276 Å². The second-order valence-electron chi connectivity index (χ2n) is 30.3. The third kappa shape index (κ3) is 51.9. The third-order valence-corrected chi connectivity index (χ3v) is 20.3. The van der Waals surface area contributed by atoms with Crippen LogP contribution in [-0.4, -0.2) is 94.5 Å². The Morgan fingerprint density at radius 3 is 0.800 bits per heavy atom. The summed E-state index contributed by atoms with van der Waals surface area (Å²) in [6, 6.07) is 118. The van der Waals surface area contributed by atoms with Crippen molar-refractivity contribution in [3.63, 3.8) is 0 Å². The van der Waals surface area contributed by atoms with Gasteiger partial charge in [0, 0.05) is 117 Å². The van der Waals surface area contributed by atoms with Gasteiger partial charge < -0.3 is 40.4 Å². The fraction of sp³-hybridized carbons (Fsp3) is 0.0734. The van der Waals surface area contributed by atoms with Crippen LogP contribution in [0.5, 0.6) is 40.2 Å². The van der Waals surface area contributed by atoms with Crippen LogP contribution in [0.4, 0.5) is 28.4 Å². The molecule has 0 heterocycles. The maximum absolute atomic E-state index is 10.6. The Hall–Kier alpha value is -5.13. The molecule has 0 unspecified atom stereocenters. The van der Waals surface area contributed by atoms with Gasteiger partial charge in [-0.2, -0.15) is 0 Å². The fourth-order valence-corrected chi connectivity index (χ4v) is 13.2. The number of para-hydroxylation sites is 7. The number of aromatic hydroxyl groups is 7. The van der Waals surface area contributed by atoms with E-state index >= 15 is 0 Å². The average Bonchev–Trinajstić information content (AvgIpc) is 0.740. The zero-order valence-corrected chi connectivity index (χ0v) is 108. The third-order valence-electron chi connectivity index (χ3n) is 19.4. The molecule has 0 saturated heterocycles. The van der Waals surface area contributed by atoms with Crippen LogP contribution in [0.3, 0.4) is 0 Å². The van der Waals surface area contributed by atoms with Crippen molar-refractivity contribution in [2.75, 3.05) is 7.05 Å². The molecule has 0 fully saturated rings. The average molecular weight is 2830 g/mol. The SMILES string of the molecule is CN=Cc1ccccc1O.C[Si](C)(C)N=Cc1ccccc1O.Cc1ccc(C)c(N=Cc2ccccc2O)c1.Cc1cccc(C=Nc2cccc3ccccc23)c1O.Cc1cccc(C=Nc2cccc3ccccc23)c1O.Oc1c(C=Nc2cccc3ccccc23)cccc1-c1ccccc1.Oc1ccccc1C=Nc1cccc2ccccc12.[Br][Ti][Br].[Br][Ti][Br].[Br][Ti][Br].[Br][Ti][Br].[Cl][Ti][Cl].[Cl][Ti][Cl].[Cl][Ti][Cl]. The molecular weight excluding hydrogens is 2730 g/mol. The minimum absolute atomic E-state index is 0.125. The first-order chi connectivity index (χ1) is 70.1. The van der Waals surface area contributed by atoms with Crippen LogP contribution in [0, 0.1) is 27.7 Å². The number of nitrogens with zero attached hydrogens (tertiary/aromatic N) is 7. The topological polar surface area (TPSA) is 228 Å². The molecule has 0 amide bonds. The van der Waals surface area contributed by atoms with Crippen molar-refractivity contribution in [2.24, 2.45) is 34.6 Å². The van der Waals surface area contributed by atoms with Gasteiger partial charge in [0.15, 0.2) is 8.24 Å². The Morgan fingerprint density at radius 1 is 0.248 bits per heavy atom. The van der Waals surface area contributed by atoms with Crippen LogP contribution < -0.4 is 0 Å². The minimum atomic E-state index is -1.40. The molecule has 0 spiro atoms. The van der Waals surface area contributed by atoms with E-state index in [1.54, 1.807) is 99.1 Å². The fourth-order valence-electron chi connectivity index (χ4n) is 12.7. The molecule has 0 bridgehead atoms. The van der Waals surface area contributed by atoms with Crippen molar-refractivity contribution >= 4 is 284 Å². The van der Waals surface area contributed by atoms with E-state index in [2.05, 4.69) is 232 Å². The predicted octanol–water partition coefficient (Wildman–Crippen LogP) is 38.2. The standard InChI is InChI=1S/C23H17NO.2C18H15NO.C17H13NO.C15H15NO.C10H15NOSi.C8H9NO.8BrH.6ClH.7Ti/c25-23-19(12-6-14-21(23)18-8-2-1-3-9-18)16-24-22-15-7-11-17-10-4-5-13-20(17)22;2*1-13-6-4-9-15(18(13)20)12-19-17-11-5-8-14-7-2-3-10-16(14)17;19-17-11-4-2-7-14(17)12-18-16-10-5-8-13-6-1-3-9-15(13)16;1-11-7-8-12(2)14(9-11)16-10-13-5-3-4-6-15(13)17;1-13(2,3)11-8-9-6-4-5-7-10(9)12;1-9-6-7-4-2-3-5-8(7)10;;;;;;;;;;;;;;;;;;;;;/h1-16,25H;2*2-12,20H,1H3;1-12,19H;3-10,17H,1-2H3;4-8,12H,1-3H3;2-6,10H,1H3;14*1H;;;;;;;/q;;;;;;;;;;;;;;;;;;;;;7*+2/p-14. The Kier molecular flexibility index (Phi) is 72.7. The van der Waals surface area contributed by atoms with Gasteiger partial charge in [0.25, 0.3) is 0 Å². The monoisotopic (exact) mass is 2820 g/mol. The molecule has 0 aromatic heterocycles. The molecule has 0 aliphatic carbocycles. The Bertz CT molecular complexity index is 6760. The molecule has 0 radical (unpaired) electrons. The second-order valence-corrected chi connectivity index (χ2v) is 74.1. The molecule has 14 nitrogen and oxygen atoms in total. The van der Waals surface area contributed by atoms with E-state index in [9.17, 15) is 30.6 Å². The van der Waals surface area contributed by atoms with Gasteiger partial charge in [-0.05, 0) is 194 Å². The van der Waals surface area contributed by atoms with Crippen LogP contribution in [0.15, 0.2) is 405 Å². The molecule has 0 saturated carbocycles. The summed E-state index contributed by atoms with van der Waals surface area (Å²) >= 11 is 24.3. The van der Waals surface area contributed by atoms with Gasteiger partial charge in [-0.1, -0.05) is 273 Å². The van der Waals surface area contributed by atoms with Gasteiger partial charge in [-0.3, -0.25) is 30.0 Å².